The van der Waals surface area contributed by atoms with Crippen molar-refractivity contribution in [1.29, 1.82) is 0 Å². The molecule has 0 fully saturated rings. The van der Waals surface area contributed by atoms with E-state index >= 15 is 0 Å². The van der Waals surface area contributed by atoms with Crippen molar-refractivity contribution in [3.05, 3.63) is 76.3 Å². The second-order valence-corrected chi connectivity index (χ2v) is 7.89. The number of anilines is 2. The predicted octanol–water partition coefficient (Wildman–Crippen LogP) is 5.36. The summed E-state index contributed by atoms with van der Waals surface area (Å²) in [5.41, 5.74) is 3.08. The Balaban J connectivity index is 1.31. The topological polar surface area (TPSA) is 57.3 Å². The lowest BCUT2D eigenvalue weighted by Crippen LogP contribution is -2.30. The van der Waals surface area contributed by atoms with Gasteiger partial charge in [0.1, 0.15) is 0 Å². The molecule has 2 amide bonds. The number of urea groups is 1. The number of aromatic nitrogens is 1. The van der Waals surface area contributed by atoms with Crippen LogP contribution in [-0.2, 0) is 25.7 Å². The summed E-state index contributed by atoms with van der Waals surface area (Å²) in [5.74, 6) is 0. The number of benzene rings is 2. The zero-order chi connectivity index (χ0) is 21.1. The number of carbonyl (C=O) groups excluding carboxylic acids is 1. The van der Waals surface area contributed by atoms with Crippen LogP contribution in [0.5, 0.6) is 0 Å². The van der Waals surface area contributed by atoms with E-state index in [4.69, 9.17) is 0 Å². The van der Waals surface area contributed by atoms with Crippen LogP contribution in [0.1, 0.15) is 22.4 Å². The first kappa shape index (κ1) is 20.4. The quantitative estimate of drug-likeness (QED) is 0.583. The van der Waals surface area contributed by atoms with Gasteiger partial charge in [-0.3, -0.25) is 10.2 Å². The van der Waals surface area contributed by atoms with Crippen LogP contribution in [0.4, 0.5) is 28.8 Å². The molecule has 1 aliphatic heterocycles. The Labute approximate surface area is 175 Å². The Bertz CT molecular complexity index is 1030. The zero-order valence-electron chi connectivity index (χ0n) is 15.9. The molecular weight excluding hydrogens is 413 g/mol. The fraction of sp³-hybridized carbons (Fsp3) is 0.238. The minimum Gasteiger partial charge on any atom is -0.308 e. The minimum atomic E-state index is -4.41. The summed E-state index contributed by atoms with van der Waals surface area (Å²) in [5, 5.41) is 7.47. The summed E-state index contributed by atoms with van der Waals surface area (Å²) >= 11 is 1.31. The summed E-state index contributed by atoms with van der Waals surface area (Å²) in [6.07, 6.45) is -3.41. The normalized spacial score (nSPS) is 14.2. The Morgan fingerprint density at radius 3 is 2.53 bits per heavy atom. The molecule has 0 saturated heterocycles. The molecule has 2 aromatic carbocycles. The highest BCUT2D eigenvalue weighted by Crippen LogP contribution is 2.30. The average Bonchev–Trinajstić information content (AvgIpc) is 3.14. The lowest BCUT2D eigenvalue weighted by molar-refractivity contribution is -0.137. The van der Waals surface area contributed by atoms with Crippen LogP contribution in [0, 0.1) is 0 Å². The molecule has 5 nitrogen and oxygen atoms in total. The number of hydrogen-bond acceptors (Lipinski definition) is 4. The summed E-state index contributed by atoms with van der Waals surface area (Å²) in [6, 6.07) is 12.1. The standard InChI is InChI=1S/C21H19F3N4OS/c22-21(23,24)16-5-7-17(8-6-16)25-19(29)27-20-26-18(13-30-20)12-28-10-9-14-3-1-2-4-15(14)11-28/h1-8,13H,9-12H2,(H2,25,26,27,29). The molecule has 30 heavy (non-hydrogen) atoms. The lowest BCUT2D eigenvalue weighted by Gasteiger charge is -2.27. The van der Waals surface area contributed by atoms with Crippen LogP contribution in [0.25, 0.3) is 0 Å². The third kappa shape index (κ3) is 4.98. The molecule has 4 rings (SSSR count). The van der Waals surface area contributed by atoms with E-state index < -0.39 is 17.8 Å². The number of carbonyl (C=O) groups is 1. The number of amides is 2. The van der Waals surface area contributed by atoms with E-state index in [0.717, 1.165) is 37.3 Å². The number of fused-ring (bicyclic) bond motifs is 1. The summed E-state index contributed by atoms with van der Waals surface area (Å²) < 4.78 is 37.8. The molecule has 0 atom stereocenters. The van der Waals surface area contributed by atoms with Crippen molar-refractivity contribution in [2.45, 2.75) is 25.7 Å². The number of thiazole rings is 1. The molecule has 156 valence electrons. The van der Waals surface area contributed by atoms with Gasteiger partial charge in [0.05, 0.1) is 11.3 Å². The van der Waals surface area contributed by atoms with Crippen molar-refractivity contribution in [3.8, 4) is 0 Å². The molecule has 0 bridgehead atoms. The highest BCUT2D eigenvalue weighted by molar-refractivity contribution is 7.13. The minimum absolute atomic E-state index is 0.268. The fourth-order valence-corrected chi connectivity index (χ4v) is 4.05. The number of nitrogens with zero attached hydrogens (tertiary/aromatic N) is 2. The third-order valence-corrected chi connectivity index (χ3v) is 5.64. The van der Waals surface area contributed by atoms with Crippen molar-refractivity contribution >= 4 is 28.2 Å². The van der Waals surface area contributed by atoms with E-state index in [0.29, 0.717) is 11.7 Å². The maximum atomic E-state index is 12.6. The van der Waals surface area contributed by atoms with Gasteiger partial charge in [0.15, 0.2) is 5.13 Å². The van der Waals surface area contributed by atoms with Crippen LogP contribution >= 0.6 is 11.3 Å². The van der Waals surface area contributed by atoms with Crippen molar-refractivity contribution in [1.82, 2.24) is 9.88 Å². The average molecular weight is 432 g/mol. The van der Waals surface area contributed by atoms with Gasteiger partial charge in [0, 0.05) is 30.7 Å². The molecule has 0 unspecified atom stereocenters. The molecule has 0 spiro atoms. The highest BCUT2D eigenvalue weighted by Gasteiger charge is 2.30. The SMILES string of the molecule is O=C(Nc1ccc(C(F)(F)F)cc1)Nc1nc(CN2CCc3ccccc3C2)cs1. The number of halogens is 3. The molecule has 3 aromatic rings. The number of alkyl halides is 3. The molecule has 2 heterocycles. The summed E-state index contributed by atoms with van der Waals surface area (Å²) in [6.45, 7) is 2.50. The van der Waals surface area contributed by atoms with Gasteiger partial charge >= 0.3 is 12.2 Å². The first-order valence-corrected chi connectivity index (χ1v) is 10.2. The van der Waals surface area contributed by atoms with Crippen molar-refractivity contribution in [2.75, 3.05) is 17.2 Å². The maximum absolute atomic E-state index is 12.6. The van der Waals surface area contributed by atoms with Gasteiger partial charge in [-0.2, -0.15) is 13.2 Å². The van der Waals surface area contributed by atoms with E-state index in [1.54, 1.807) is 0 Å². The lowest BCUT2D eigenvalue weighted by atomic mass is 10.00. The van der Waals surface area contributed by atoms with E-state index in [2.05, 4.69) is 38.7 Å². The summed E-state index contributed by atoms with van der Waals surface area (Å²) in [7, 11) is 0. The smallest absolute Gasteiger partial charge is 0.308 e. The number of nitrogens with one attached hydrogen (secondary N) is 2. The third-order valence-electron chi connectivity index (χ3n) is 4.84. The van der Waals surface area contributed by atoms with Crippen molar-refractivity contribution in [3.63, 3.8) is 0 Å². The van der Waals surface area contributed by atoms with Crippen molar-refractivity contribution < 1.29 is 18.0 Å². The molecule has 9 heteroatoms. The van der Waals surface area contributed by atoms with Crippen LogP contribution in [0.3, 0.4) is 0 Å². The molecule has 0 saturated carbocycles. The number of rotatable bonds is 4. The van der Waals surface area contributed by atoms with Gasteiger partial charge in [-0.1, -0.05) is 24.3 Å². The zero-order valence-corrected chi connectivity index (χ0v) is 16.7. The maximum Gasteiger partial charge on any atom is 0.416 e. The van der Waals surface area contributed by atoms with Gasteiger partial charge < -0.3 is 5.32 Å². The first-order chi connectivity index (χ1) is 14.4. The summed E-state index contributed by atoms with van der Waals surface area (Å²) in [4.78, 5) is 18.9. The monoisotopic (exact) mass is 432 g/mol. The number of hydrogen-bond donors (Lipinski definition) is 2. The second kappa shape index (κ2) is 8.45. The van der Waals surface area contributed by atoms with E-state index in [1.165, 1.54) is 34.6 Å². The highest BCUT2D eigenvalue weighted by atomic mass is 32.1. The van der Waals surface area contributed by atoms with E-state index in [9.17, 15) is 18.0 Å². The van der Waals surface area contributed by atoms with Crippen LogP contribution in [0.2, 0.25) is 0 Å². The molecule has 1 aromatic heterocycles. The van der Waals surface area contributed by atoms with Gasteiger partial charge in [0.2, 0.25) is 0 Å². The van der Waals surface area contributed by atoms with Crippen LogP contribution in [-0.4, -0.2) is 22.5 Å². The van der Waals surface area contributed by atoms with E-state index in [1.807, 2.05) is 11.4 Å². The van der Waals surface area contributed by atoms with Crippen LogP contribution < -0.4 is 10.6 Å². The van der Waals surface area contributed by atoms with E-state index in [-0.39, 0.29) is 5.69 Å². The Kier molecular flexibility index (Phi) is 5.74. The Hall–Kier alpha value is -2.91. The predicted molar refractivity (Wildman–Crippen MR) is 110 cm³/mol. The fourth-order valence-electron chi connectivity index (χ4n) is 3.36. The van der Waals surface area contributed by atoms with Crippen molar-refractivity contribution in [2.24, 2.45) is 0 Å². The molecular formula is C21H19F3N4OS. The molecule has 2 N–H and O–H groups in total. The van der Waals surface area contributed by atoms with Gasteiger partial charge in [-0.05, 0) is 41.8 Å². The molecule has 1 aliphatic rings. The first-order valence-electron chi connectivity index (χ1n) is 9.35. The van der Waals surface area contributed by atoms with Gasteiger partial charge in [-0.25, -0.2) is 9.78 Å². The second-order valence-electron chi connectivity index (χ2n) is 7.03. The largest absolute Gasteiger partial charge is 0.416 e. The molecule has 0 aliphatic carbocycles. The Morgan fingerprint density at radius 2 is 1.80 bits per heavy atom. The van der Waals surface area contributed by atoms with Crippen LogP contribution in [0.15, 0.2) is 53.9 Å². The Morgan fingerprint density at radius 1 is 1.07 bits per heavy atom. The van der Waals surface area contributed by atoms with Gasteiger partial charge in [0.25, 0.3) is 0 Å². The molecule has 0 radical (unpaired) electrons. The van der Waals surface area contributed by atoms with Gasteiger partial charge in [-0.15, -0.1) is 11.3 Å².